The van der Waals surface area contributed by atoms with E-state index in [9.17, 15) is 0 Å². The normalized spacial score (nSPS) is 17.0. The monoisotopic (exact) mass is 306 g/mol. The van der Waals surface area contributed by atoms with Gasteiger partial charge in [-0.15, -0.1) is 24.8 Å². The van der Waals surface area contributed by atoms with E-state index in [1.54, 1.807) is 7.11 Å². The summed E-state index contributed by atoms with van der Waals surface area (Å²) in [6.07, 6.45) is 0. The SMILES string of the molecule is COc1ccc([C@H](C)N2CCNCC2)cc1C.Cl.Cl. The number of halogens is 2. The van der Waals surface area contributed by atoms with Crippen molar-refractivity contribution in [1.82, 2.24) is 10.2 Å². The molecule has 0 bridgehead atoms. The summed E-state index contributed by atoms with van der Waals surface area (Å²) in [4.78, 5) is 2.53. The fourth-order valence-electron chi connectivity index (χ4n) is 2.44. The Kier molecular flexibility index (Phi) is 8.42. The molecule has 1 N–H and O–H groups in total. The Bertz CT molecular complexity index is 382. The van der Waals surface area contributed by atoms with E-state index in [0.717, 1.165) is 31.9 Å². The van der Waals surface area contributed by atoms with E-state index in [0.29, 0.717) is 6.04 Å². The number of piperazine rings is 1. The number of nitrogens with zero attached hydrogens (tertiary/aromatic N) is 1. The highest BCUT2D eigenvalue weighted by molar-refractivity contribution is 5.85. The van der Waals surface area contributed by atoms with Crippen LogP contribution in [0.15, 0.2) is 18.2 Å². The van der Waals surface area contributed by atoms with Gasteiger partial charge in [-0.1, -0.05) is 12.1 Å². The lowest BCUT2D eigenvalue weighted by Gasteiger charge is -2.33. The summed E-state index contributed by atoms with van der Waals surface area (Å²) in [5.41, 5.74) is 2.59. The number of nitrogens with one attached hydrogen (secondary N) is 1. The van der Waals surface area contributed by atoms with Crippen LogP contribution < -0.4 is 10.1 Å². The van der Waals surface area contributed by atoms with Crippen LogP contribution >= 0.6 is 24.8 Å². The molecule has 19 heavy (non-hydrogen) atoms. The van der Waals surface area contributed by atoms with Crippen LogP contribution in [-0.2, 0) is 0 Å². The zero-order valence-corrected chi connectivity index (χ0v) is 13.4. The molecule has 3 nitrogen and oxygen atoms in total. The molecule has 1 aromatic carbocycles. The van der Waals surface area contributed by atoms with Crippen LogP contribution in [0.5, 0.6) is 5.75 Å². The van der Waals surface area contributed by atoms with Crippen LogP contribution in [-0.4, -0.2) is 38.2 Å². The molecule has 0 amide bonds. The van der Waals surface area contributed by atoms with E-state index in [1.165, 1.54) is 11.1 Å². The Hall–Kier alpha value is -0.480. The maximum Gasteiger partial charge on any atom is 0.121 e. The number of rotatable bonds is 3. The molecule has 1 aliphatic rings. The molecule has 1 fully saturated rings. The van der Waals surface area contributed by atoms with Crippen molar-refractivity contribution in [2.24, 2.45) is 0 Å². The van der Waals surface area contributed by atoms with Gasteiger partial charge in [-0.2, -0.15) is 0 Å². The minimum absolute atomic E-state index is 0. The summed E-state index contributed by atoms with van der Waals surface area (Å²) in [5, 5.41) is 3.39. The molecule has 0 aliphatic carbocycles. The highest BCUT2D eigenvalue weighted by atomic mass is 35.5. The zero-order chi connectivity index (χ0) is 12.3. The van der Waals surface area contributed by atoms with Crippen LogP contribution in [0.3, 0.4) is 0 Å². The fourth-order valence-corrected chi connectivity index (χ4v) is 2.44. The Morgan fingerprint density at radius 3 is 2.37 bits per heavy atom. The van der Waals surface area contributed by atoms with E-state index in [1.807, 2.05) is 0 Å². The van der Waals surface area contributed by atoms with E-state index in [2.05, 4.69) is 42.3 Å². The van der Waals surface area contributed by atoms with Crippen molar-refractivity contribution < 1.29 is 4.74 Å². The molecule has 0 saturated carbocycles. The molecule has 0 spiro atoms. The second-order valence-corrected chi connectivity index (χ2v) is 4.69. The van der Waals surface area contributed by atoms with Gasteiger partial charge < -0.3 is 10.1 Å². The van der Waals surface area contributed by atoms with E-state index in [-0.39, 0.29) is 24.8 Å². The lowest BCUT2D eigenvalue weighted by atomic mass is 10.0. The van der Waals surface area contributed by atoms with Crippen molar-refractivity contribution >= 4 is 24.8 Å². The summed E-state index contributed by atoms with van der Waals surface area (Å²) in [7, 11) is 1.72. The van der Waals surface area contributed by atoms with Gasteiger partial charge in [0, 0.05) is 32.2 Å². The van der Waals surface area contributed by atoms with Crippen molar-refractivity contribution in [1.29, 1.82) is 0 Å². The predicted octanol–water partition coefficient (Wildman–Crippen LogP) is 2.81. The standard InChI is InChI=1S/C14H22N2O.2ClH/c1-11-10-13(4-5-14(11)17-3)12(2)16-8-6-15-7-9-16;;/h4-5,10,12,15H,6-9H2,1-3H3;2*1H/t12-;;/m0../s1. The summed E-state index contributed by atoms with van der Waals surface area (Å²) in [6.45, 7) is 8.84. The number of aryl methyl sites for hydroxylation is 1. The molecule has 110 valence electrons. The van der Waals surface area contributed by atoms with Crippen molar-refractivity contribution in [2.75, 3.05) is 33.3 Å². The molecule has 0 radical (unpaired) electrons. The Balaban J connectivity index is 0.00000162. The van der Waals surface area contributed by atoms with E-state index < -0.39 is 0 Å². The number of hydrogen-bond acceptors (Lipinski definition) is 3. The van der Waals surface area contributed by atoms with Gasteiger partial charge in [0.15, 0.2) is 0 Å². The van der Waals surface area contributed by atoms with Crippen molar-refractivity contribution in [3.8, 4) is 5.75 Å². The van der Waals surface area contributed by atoms with Gasteiger partial charge in [-0.05, 0) is 31.0 Å². The van der Waals surface area contributed by atoms with Gasteiger partial charge in [0.1, 0.15) is 5.75 Å². The first-order valence-electron chi connectivity index (χ1n) is 6.31. The average Bonchev–Trinajstić information content (AvgIpc) is 2.39. The Morgan fingerprint density at radius 2 is 1.84 bits per heavy atom. The number of methoxy groups -OCH3 is 1. The summed E-state index contributed by atoms with van der Waals surface area (Å²) >= 11 is 0. The first kappa shape index (κ1) is 18.5. The third-order valence-electron chi connectivity index (χ3n) is 3.60. The van der Waals surface area contributed by atoms with Crippen LogP contribution in [0.2, 0.25) is 0 Å². The number of benzene rings is 1. The number of ether oxygens (including phenoxy) is 1. The van der Waals surface area contributed by atoms with Gasteiger partial charge in [0.2, 0.25) is 0 Å². The molecule has 0 unspecified atom stereocenters. The Morgan fingerprint density at radius 1 is 1.21 bits per heavy atom. The highest BCUT2D eigenvalue weighted by Gasteiger charge is 2.18. The van der Waals surface area contributed by atoms with E-state index in [4.69, 9.17) is 4.74 Å². The van der Waals surface area contributed by atoms with Gasteiger partial charge in [-0.25, -0.2) is 0 Å². The van der Waals surface area contributed by atoms with Gasteiger partial charge in [0.25, 0.3) is 0 Å². The van der Waals surface area contributed by atoms with Crippen LogP contribution in [0.1, 0.15) is 24.1 Å². The topological polar surface area (TPSA) is 24.5 Å². The second-order valence-electron chi connectivity index (χ2n) is 4.69. The second kappa shape index (κ2) is 8.64. The van der Waals surface area contributed by atoms with Gasteiger partial charge >= 0.3 is 0 Å². The molecule has 1 saturated heterocycles. The maximum atomic E-state index is 5.30. The zero-order valence-electron chi connectivity index (χ0n) is 11.8. The first-order valence-corrected chi connectivity index (χ1v) is 6.31. The molecule has 1 heterocycles. The quantitative estimate of drug-likeness (QED) is 0.929. The van der Waals surface area contributed by atoms with Crippen LogP contribution in [0.4, 0.5) is 0 Å². The first-order chi connectivity index (χ1) is 8.22. The lowest BCUT2D eigenvalue weighted by molar-refractivity contribution is 0.185. The van der Waals surface area contributed by atoms with E-state index >= 15 is 0 Å². The predicted molar refractivity (Wildman–Crippen MR) is 85.1 cm³/mol. The summed E-state index contributed by atoms with van der Waals surface area (Å²) in [5.74, 6) is 0.973. The van der Waals surface area contributed by atoms with Crippen LogP contribution in [0.25, 0.3) is 0 Å². The fraction of sp³-hybridized carbons (Fsp3) is 0.571. The smallest absolute Gasteiger partial charge is 0.121 e. The van der Waals surface area contributed by atoms with Crippen molar-refractivity contribution in [2.45, 2.75) is 19.9 Å². The van der Waals surface area contributed by atoms with Crippen molar-refractivity contribution in [3.63, 3.8) is 0 Å². The van der Waals surface area contributed by atoms with Crippen LogP contribution in [0, 0.1) is 6.92 Å². The molecular weight excluding hydrogens is 283 g/mol. The van der Waals surface area contributed by atoms with Crippen molar-refractivity contribution in [3.05, 3.63) is 29.3 Å². The largest absolute Gasteiger partial charge is 0.496 e. The lowest BCUT2D eigenvalue weighted by Crippen LogP contribution is -2.44. The molecule has 1 aromatic rings. The summed E-state index contributed by atoms with van der Waals surface area (Å²) in [6, 6.07) is 6.98. The molecule has 1 atom stereocenters. The molecule has 1 aliphatic heterocycles. The third kappa shape index (κ3) is 4.53. The molecule has 2 rings (SSSR count). The highest BCUT2D eigenvalue weighted by Crippen LogP contribution is 2.25. The Labute approximate surface area is 128 Å². The number of hydrogen-bond donors (Lipinski definition) is 1. The third-order valence-corrected chi connectivity index (χ3v) is 3.60. The van der Waals surface area contributed by atoms with Gasteiger partial charge in [-0.3, -0.25) is 4.90 Å². The molecule has 5 heteroatoms. The van der Waals surface area contributed by atoms with Gasteiger partial charge in [0.05, 0.1) is 7.11 Å². The minimum Gasteiger partial charge on any atom is -0.496 e. The summed E-state index contributed by atoms with van der Waals surface area (Å²) < 4.78 is 5.30. The minimum atomic E-state index is 0. The molecule has 0 aromatic heterocycles. The average molecular weight is 307 g/mol. The molecular formula is C14H24Cl2N2O. The maximum absolute atomic E-state index is 5.30.